The summed E-state index contributed by atoms with van der Waals surface area (Å²) in [6.45, 7) is 0.663. The van der Waals surface area contributed by atoms with E-state index in [2.05, 4.69) is 10.4 Å². The lowest BCUT2D eigenvalue weighted by molar-refractivity contribution is -0.137. The largest absolute Gasteiger partial charge is 0.416 e. The van der Waals surface area contributed by atoms with E-state index in [0.717, 1.165) is 36.2 Å². The van der Waals surface area contributed by atoms with E-state index < -0.39 is 11.7 Å². The number of aromatic nitrogens is 2. The van der Waals surface area contributed by atoms with Crippen molar-refractivity contribution in [3.05, 3.63) is 47.3 Å². The Morgan fingerprint density at radius 2 is 1.96 bits per heavy atom. The number of carbonyl (C=O) groups is 1. The normalized spacial score (nSPS) is 20.2. The molecule has 0 saturated heterocycles. The van der Waals surface area contributed by atoms with Crippen molar-refractivity contribution in [2.24, 2.45) is 5.92 Å². The second-order valence-corrected chi connectivity index (χ2v) is 6.35. The third-order valence-electron chi connectivity index (χ3n) is 4.50. The van der Waals surface area contributed by atoms with E-state index in [9.17, 15) is 18.0 Å². The molecule has 8 heteroatoms. The van der Waals surface area contributed by atoms with Gasteiger partial charge in [-0.05, 0) is 37.1 Å². The highest BCUT2D eigenvalue weighted by molar-refractivity contribution is 5.81. The fraction of sp³-hybridized carbons (Fsp3) is 0.412. The second kappa shape index (κ2) is 5.87. The lowest BCUT2D eigenvalue weighted by atomic mass is 10.1. The number of ether oxygens (including phenoxy) is 1. The van der Waals surface area contributed by atoms with Crippen LogP contribution >= 0.6 is 0 Å². The van der Waals surface area contributed by atoms with E-state index in [0.29, 0.717) is 18.9 Å². The number of benzene rings is 1. The average Bonchev–Trinajstić information content (AvgIpc) is 3.34. The molecule has 1 atom stereocenters. The van der Waals surface area contributed by atoms with Gasteiger partial charge >= 0.3 is 6.18 Å². The number of nitrogens with one attached hydrogen (secondary N) is 1. The number of halogens is 3. The summed E-state index contributed by atoms with van der Waals surface area (Å²) < 4.78 is 45.2. The van der Waals surface area contributed by atoms with Crippen molar-refractivity contribution in [3.63, 3.8) is 0 Å². The molecule has 2 aromatic rings. The first-order valence-electron chi connectivity index (χ1n) is 8.06. The lowest BCUT2D eigenvalue weighted by Crippen LogP contribution is -2.35. The Kier molecular flexibility index (Phi) is 3.79. The first-order chi connectivity index (χ1) is 11.9. The topological polar surface area (TPSA) is 56.1 Å². The van der Waals surface area contributed by atoms with E-state index in [1.165, 1.54) is 12.1 Å². The molecule has 1 N–H and O–H groups in total. The third kappa shape index (κ3) is 3.13. The Morgan fingerprint density at radius 1 is 1.24 bits per heavy atom. The molecule has 0 unspecified atom stereocenters. The predicted molar refractivity (Wildman–Crippen MR) is 81.8 cm³/mol. The molecule has 1 aliphatic heterocycles. The first kappa shape index (κ1) is 16.1. The minimum absolute atomic E-state index is 0.0173. The standard InChI is InChI=1S/C17H16F3N3O2/c18-17(19,20)11-3-5-12(6-4-11)23-15-9-25-8-14(13(15)7-21-23)22-16(24)10-1-2-10/h3-7,10,14H,1-2,8-9H2,(H,22,24)/t14-/m0/s1. The number of amides is 1. The van der Waals surface area contributed by atoms with Gasteiger partial charge in [0, 0.05) is 11.5 Å². The van der Waals surface area contributed by atoms with Crippen molar-refractivity contribution in [2.45, 2.75) is 31.7 Å². The molecular formula is C17H16F3N3O2. The zero-order valence-corrected chi connectivity index (χ0v) is 13.2. The van der Waals surface area contributed by atoms with E-state index >= 15 is 0 Å². The van der Waals surface area contributed by atoms with E-state index in [1.54, 1.807) is 10.9 Å². The Bertz CT molecular complexity index is 794. The molecule has 2 heterocycles. The van der Waals surface area contributed by atoms with Crippen LogP contribution in [-0.2, 0) is 22.3 Å². The summed E-state index contributed by atoms with van der Waals surface area (Å²) in [6, 6.07) is 4.53. The lowest BCUT2D eigenvalue weighted by Gasteiger charge is -2.24. The average molecular weight is 351 g/mol. The molecule has 1 aromatic carbocycles. The molecule has 2 aliphatic rings. The van der Waals surface area contributed by atoms with Crippen molar-refractivity contribution in [1.29, 1.82) is 0 Å². The van der Waals surface area contributed by atoms with Gasteiger partial charge in [-0.3, -0.25) is 4.79 Å². The summed E-state index contributed by atoms with van der Waals surface area (Å²) in [5.74, 6) is 0.110. The van der Waals surface area contributed by atoms with Gasteiger partial charge in [0.25, 0.3) is 0 Å². The van der Waals surface area contributed by atoms with Crippen molar-refractivity contribution in [1.82, 2.24) is 15.1 Å². The minimum Gasteiger partial charge on any atom is -0.373 e. The number of alkyl halides is 3. The predicted octanol–water partition coefficient (Wildman–Crippen LogP) is 2.99. The highest BCUT2D eigenvalue weighted by Gasteiger charge is 2.34. The second-order valence-electron chi connectivity index (χ2n) is 6.35. The van der Waals surface area contributed by atoms with Gasteiger partial charge in [0.05, 0.1) is 42.4 Å². The number of fused-ring (bicyclic) bond motifs is 1. The molecule has 1 saturated carbocycles. The van der Waals surface area contributed by atoms with Gasteiger partial charge in [-0.1, -0.05) is 0 Å². The molecule has 1 fully saturated rings. The van der Waals surface area contributed by atoms with Gasteiger partial charge in [0.15, 0.2) is 0 Å². The number of hydrogen-bond acceptors (Lipinski definition) is 3. The smallest absolute Gasteiger partial charge is 0.373 e. The van der Waals surface area contributed by atoms with Gasteiger partial charge in [-0.2, -0.15) is 18.3 Å². The minimum atomic E-state index is -4.37. The van der Waals surface area contributed by atoms with E-state index in [1.807, 2.05) is 0 Å². The summed E-state index contributed by atoms with van der Waals surface area (Å²) in [5.41, 5.74) is 1.40. The van der Waals surface area contributed by atoms with E-state index in [-0.39, 0.29) is 17.9 Å². The highest BCUT2D eigenvalue weighted by Crippen LogP contribution is 2.33. The van der Waals surface area contributed by atoms with Crippen LogP contribution < -0.4 is 5.32 Å². The molecule has 0 spiro atoms. The molecular weight excluding hydrogens is 335 g/mol. The number of rotatable bonds is 3. The van der Waals surface area contributed by atoms with Crippen LogP contribution in [0.15, 0.2) is 30.5 Å². The molecule has 132 valence electrons. The Hall–Kier alpha value is -2.35. The maximum Gasteiger partial charge on any atom is 0.416 e. The van der Waals surface area contributed by atoms with Crippen LogP contribution in [0.1, 0.15) is 35.7 Å². The first-order valence-corrected chi connectivity index (χ1v) is 8.06. The fourth-order valence-corrected chi connectivity index (χ4v) is 2.95. The van der Waals surface area contributed by atoms with Crippen LogP contribution in [0.3, 0.4) is 0 Å². The monoisotopic (exact) mass is 351 g/mol. The molecule has 5 nitrogen and oxygen atoms in total. The zero-order valence-electron chi connectivity index (χ0n) is 13.2. The fourth-order valence-electron chi connectivity index (χ4n) is 2.95. The summed E-state index contributed by atoms with van der Waals surface area (Å²) in [7, 11) is 0. The van der Waals surface area contributed by atoms with Gasteiger partial charge in [-0.15, -0.1) is 0 Å². The van der Waals surface area contributed by atoms with Gasteiger partial charge < -0.3 is 10.1 Å². The van der Waals surface area contributed by atoms with Gasteiger partial charge in [0.2, 0.25) is 5.91 Å². The highest BCUT2D eigenvalue weighted by atomic mass is 19.4. The Balaban J connectivity index is 1.60. The van der Waals surface area contributed by atoms with Crippen LogP contribution in [0.2, 0.25) is 0 Å². The van der Waals surface area contributed by atoms with Crippen LogP contribution in [0, 0.1) is 5.92 Å². The summed E-state index contributed by atoms with van der Waals surface area (Å²) >= 11 is 0. The van der Waals surface area contributed by atoms with Crippen LogP contribution in [-0.4, -0.2) is 22.3 Å². The molecule has 1 amide bonds. The van der Waals surface area contributed by atoms with Crippen molar-refractivity contribution in [2.75, 3.05) is 6.61 Å². The third-order valence-corrected chi connectivity index (χ3v) is 4.50. The molecule has 0 radical (unpaired) electrons. The van der Waals surface area contributed by atoms with Gasteiger partial charge in [-0.25, -0.2) is 4.68 Å². The number of nitrogens with zero attached hydrogens (tertiary/aromatic N) is 2. The van der Waals surface area contributed by atoms with Crippen LogP contribution in [0.4, 0.5) is 13.2 Å². The molecule has 4 rings (SSSR count). The van der Waals surface area contributed by atoms with Crippen molar-refractivity contribution in [3.8, 4) is 5.69 Å². The summed E-state index contributed by atoms with van der Waals surface area (Å²) in [4.78, 5) is 12.0. The number of carbonyl (C=O) groups excluding carboxylic acids is 1. The Morgan fingerprint density at radius 3 is 2.60 bits per heavy atom. The van der Waals surface area contributed by atoms with Crippen LogP contribution in [0.5, 0.6) is 0 Å². The summed E-state index contributed by atoms with van der Waals surface area (Å²) in [5, 5.41) is 7.25. The molecule has 1 aliphatic carbocycles. The Labute approximate surface area is 141 Å². The van der Waals surface area contributed by atoms with Gasteiger partial charge in [0.1, 0.15) is 0 Å². The van der Waals surface area contributed by atoms with Crippen LogP contribution in [0.25, 0.3) is 5.69 Å². The maximum atomic E-state index is 12.7. The SMILES string of the molecule is O=C(N[C@H]1COCc2c1cnn2-c1ccc(C(F)(F)F)cc1)C1CC1. The van der Waals surface area contributed by atoms with Crippen molar-refractivity contribution >= 4 is 5.91 Å². The molecule has 1 aromatic heterocycles. The number of hydrogen-bond donors (Lipinski definition) is 1. The van der Waals surface area contributed by atoms with Crippen molar-refractivity contribution < 1.29 is 22.7 Å². The molecule has 0 bridgehead atoms. The quantitative estimate of drug-likeness (QED) is 0.925. The summed E-state index contributed by atoms with van der Waals surface area (Å²) in [6.07, 6.45) is -0.898. The molecule has 25 heavy (non-hydrogen) atoms. The maximum absolute atomic E-state index is 12.7. The van der Waals surface area contributed by atoms with E-state index in [4.69, 9.17) is 4.74 Å². The zero-order chi connectivity index (χ0) is 17.6.